The first-order valence-corrected chi connectivity index (χ1v) is 13.1. The van der Waals surface area contributed by atoms with E-state index >= 15 is 0 Å². The molecule has 7 rings (SSSR count). The van der Waals surface area contributed by atoms with Gasteiger partial charge in [0.25, 0.3) is 0 Å². The van der Waals surface area contributed by atoms with Crippen LogP contribution in [0, 0.1) is 0 Å². The predicted molar refractivity (Wildman–Crippen MR) is 168 cm³/mol. The second kappa shape index (κ2) is 7.88. The lowest BCUT2D eigenvalue weighted by Crippen LogP contribution is -2.52. The minimum atomic E-state index is -0.410. The molecule has 0 bridgehead atoms. The molecule has 3 heterocycles. The number of nitrogens with zero attached hydrogens (tertiary/aromatic N) is 4. The molecule has 4 nitrogen and oxygen atoms in total. The Balaban J connectivity index is 1.53. The number of rotatable bonds is 2. The van der Waals surface area contributed by atoms with Gasteiger partial charge in [-0.2, -0.15) is 0 Å². The highest BCUT2D eigenvalue weighted by Crippen LogP contribution is 2.51. The van der Waals surface area contributed by atoms with Crippen molar-refractivity contribution in [1.29, 1.82) is 0 Å². The van der Waals surface area contributed by atoms with Gasteiger partial charge >= 0.3 is 0 Å². The second-order valence-corrected chi connectivity index (χ2v) is 11.4. The van der Waals surface area contributed by atoms with Crippen molar-refractivity contribution < 1.29 is 0 Å². The van der Waals surface area contributed by atoms with Gasteiger partial charge in [0.1, 0.15) is 31.4 Å². The fourth-order valence-electron chi connectivity index (χ4n) is 6.26. The van der Waals surface area contributed by atoms with E-state index in [0.29, 0.717) is 21.9 Å². The quantitative estimate of drug-likeness (QED) is 0.345. The van der Waals surface area contributed by atoms with Crippen molar-refractivity contribution in [3.05, 3.63) is 72.8 Å². The van der Waals surface area contributed by atoms with Crippen LogP contribution in [0.4, 0.5) is 11.6 Å². The number of hydrogen-bond donors (Lipinski definition) is 0. The van der Waals surface area contributed by atoms with Crippen LogP contribution in [0.2, 0.25) is 0 Å². The van der Waals surface area contributed by atoms with E-state index in [4.69, 9.17) is 36.4 Å². The average Bonchev–Trinajstić information content (AvgIpc) is 3.52. The third kappa shape index (κ3) is 2.98. The summed E-state index contributed by atoms with van der Waals surface area (Å²) in [5, 5.41) is 2.36. The predicted octanol–water partition coefficient (Wildman–Crippen LogP) is 2.97. The summed E-state index contributed by atoms with van der Waals surface area (Å²) in [6.45, 7) is 8.84. The van der Waals surface area contributed by atoms with Gasteiger partial charge < -0.3 is 14.0 Å². The molecule has 8 heteroatoms. The Morgan fingerprint density at radius 1 is 0.615 bits per heavy atom. The minimum Gasteiger partial charge on any atom is -0.309 e. The first-order chi connectivity index (χ1) is 18.6. The first kappa shape index (κ1) is 24.3. The molecular weight excluding hydrogens is 472 g/mol. The third-order valence-electron chi connectivity index (χ3n) is 8.98. The molecule has 1 aliphatic heterocycles. The number of fused-ring (bicyclic) bond motifs is 6. The summed E-state index contributed by atoms with van der Waals surface area (Å²) >= 11 is 0. The van der Waals surface area contributed by atoms with Crippen molar-refractivity contribution in [1.82, 2.24) is 14.1 Å². The standard InChI is InChI=1S/C31H24B4N4/c1-30(2)31(3,4)39-28-26(35)24(33)23(32)25(34)27(28)36-29(39)38(30)18-14-15-22-20(16-18)19-12-8-9-13-21(19)37(22)17-10-6-5-7-11-17/h5-16H,1-4H3. The molecule has 0 amide bonds. The summed E-state index contributed by atoms with van der Waals surface area (Å²) in [7, 11) is 25.5. The van der Waals surface area contributed by atoms with Crippen LogP contribution < -0.4 is 26.8 Å². The molecule has 0 atom stereocenters. The Labute approximate surface area is 233 Å². The molecule has 0 saturated heterocycles. The lowest BCUT2D eigenvalue weighted by atomic mass is 9.66. The van der Waals surface area contributed by atoms with Crippen LogP contribution in [0.15, 0.2) is 72.8 Å². The molecule has 0 fully saturated rings. The molecule has 6 aromatic rings. The van der Waals surface area contributed by atoms with Crippen molar-refractivity contribution in [3.63, 3.8) is 0 Å². The van der Waals surface area contributed by atoms with Crippen LogP contribution in [0.5, 0.6) is 0 Å². The molecule has 39 heavy (non-hydrogen) atoms. The van der Waals surface area contributed by atoms with Crippen LogP contribution in [-0.2, 0) is 5.54 Å². The molecule has 0 N–H and O–H groups in total. The average molecular weight is 496 g/mol. The highest BCUT2D eigenvalue weighted by atomic mass is 15.4. The second-order valence-electron chi connectivity index (χ2n) is 11.4. The topological polar surface area (TPSA) is 26.0 Å². The van der Waals surface area contributed by atoms with E-state index in [-0.39, 0.29) is 11.0 Å². The van der Waals surface area contributed by atoms with Crippen LogP contribution in [0.3, 0.4) is 0 Å². The van der Waals surface area contributed by atoms with E-state index in [9.17, 15) is 0 Å². The zero-order chi connectivity index (χ0) is 27.4. The number of para-hydroxylation sites is 2. The number of aromatic nitrogens is 3. The van der Waals surface area contributed by atoms with Gasteiger partial charge in [-0.1, -0.05) is 47.3 Å². The van der Waals surface area contributed by atoms with E-state index in [1.165, 1.54) is 10.8 Å². The van der Waals surface area contributed by atoms with Crippen molar-refractivity contribution in [2.24, 2.45) is 0 Å². The van der Waals surface area contributed by atoms with E-state index in [2.05, 4.69) is 108 Å². The van der Waals surface area contributed by atoms with Gasteiger partial charge in [-0.3, -0.25) is 0 Å². The van der Waals surface area contributed by atoms with Crippen molar-refractivity contribution >= 4 is 97.7 Å². The summed E-state index contributed by atoms with van der Waals surface area (Å²) in [6.07, 6.45) is 0. The number of anilines is 2. The molecule has 0 spiro atoms. The Morgan fingerprint density at radius 3 is 2.00 bits per heavy atom. The molecule has 4 aromatic carbocycles. The molecule has 1 aliphatic rings. The number of imidazole rings is 1. The van der Waals surface area contributed by atoms with Crippen molar-refractivity contribution in [2.45, 2.75) is 38.8 Å². The van der Waals surface area contributed by atoms with Gasteiger partial charge in [0.2, 0.25) is 5.95 Å². The zero-order valence-corrected chi connectivity index (χ0v) is 22.5. The minimum absolute atomic E-state index is 0.274. The number of hydrogen-bond acceptors (Lipinski definition) is 2. The van der Waals surface area contributed by atoms with Crippen LogP contribution in [0.25, 0.3) is 38.5 Å². The monoisotopic (exact) mass is 496 g/mol. The molecule has 180 valence electrons. The van der Waals surface area contributed by atoms with Gasteiger partial charge in [-0.15, -0.1) is 10.9 Å². The maximum Gasteiger partial charge on any atom is 0.212 e. The van der Waals surface area contributed by atoms with E-state index in [0.717, 1.165) is 33.9 Å². The van der Waals surface area contributed by atoms with Gasteiger partial charge in [-0.05, 0) is 64.1 Å². The Bertz CT molecular complexity index is 1970. The summed E-state index contributed by atoms with van der Waals surface area (Å²) in [4.78, 5) is 7.33. The van der Waals surface area contributed by atoms with E-state index in [1.54, 1.807) is 0 Å². The fourth-order valence-corrected chi connectivity index (χ4v) is 6.26. The zero-order valence-electron chi connectivity index (χ0n) is 22.5. The summed E-state index contributed by atoms with van der Waals surface area (Å²) in [5.74, 6) is 0.759. The largest absolute Gasteiger partial charge is 0.309 e. The first-order valence-electron chi connectivity index (χ1n) is 13.1. The SMILES string of the molecule is [B]c1c([B])c([B])c2c(nc3n2C(C)(C)C(C)(C)N3c2ccc3c(c2)c2ccccc2n3-c2ccccc2)c1[B]. The van der Waals surface area contributed by atoms with Crippen LogP contribution >= 0.6 is 0 Å². The highest BCUT2D eigenvalue weighted by Gasteiger charge is 2.53. The fraction of sp³-hybridized carbons (Fsp3) is 0.194. The molecule has 0 aliphatic carbocycles. The normalized spacial score (nSPS) is 15.9. The smallest absolute Gasteiger partial charge is 0.212 e. The maximum atomic E-state index is 6.55. The lowest BCUT2D eigenvalue weighted by Gasteiger charge is -2.42. The third-order valence-corrected chi connectivity index (χ3v) is 8.98. The molecule has 0 saturated carbocycles. The molecule has 0 unspecified atom stereocenters. The highest BCUT2D eigenvalue weighted by molar-refractivity contribution is 6.66. The summed E-state index contributed by atoms with van der Waals surface area (Å²) in [5.41, 5.74) is 6.31. The Hall–Kier alpha value is -3.79. The van der Waals surface area contributed by atoms with Crippen LogP contribution in [-0.4, -0.2) is 51.0 Å². The number of benzene rings is 4. The van der Waals surface area contributed by atoms with E-state index in [1.807, 2.05) is 6.07 Å². The maximum absolute atomic E-state index is 6.55. The van der Waals surface area contributed by atoms with Gasteiger partial charge in [0, 0.05) is 22.1 Å². The summed E-state index contributed by atoms with van der Waals surface area (Å²) < 4.78 is 4.48. The van der Waals surface area contributed by atoms with E-state index < -0.39 is 5.54 Å². The molecule has 8 radical (unpaired) electrons. The van der Waals surface area contributed by atoms with Gasteiger partial charge in [-0.25, -0.2) is 4.98 Å². The summed E-state index contributed by atoms with van der Waals surface area (Å²) in [6, 6.07) is 25.6. The van der Waals surface area contributed by atoms with Crippen molar-refractivity contribution in [3.8, 4) is 5.69 Å². The van der Waals surface area contributed by atoms with Crippen molar-refractivity contribution in [2.75, 3.05) is 4.90 Å². The Morgan fingerprint density at radius 2 is 1.26 bits per heavy atom. The van der Waals surface area contributed by atoms with Gasteiger partial charge in [0.15, 0.2) is 0 Å². The molecule has 2 aromatic heterocycles. The van der Waals surface area contributed by atoms with Crippen LogP contribution in [0.1, 0.15) is 27.7 Å². The van der Waals surface area contributed by atoms with Gasteiger partial charge in [0.05, 0.1) is 33.1 Å². The lowest BCUT2D eigenvalue weighted by molar-refractivity contribution is 0.253. The molecular formula is C31H24B4N4. The Kier molecular flexibility index (Phi) is 4.90.